The fraction of sp³-hybridized carbons (Fsp3) is 0.0500. The molecule has 0 fully saturated rings. The highest BCUT2D eigenvalue weighted by molar-refractivity contribution is 7.92. The molecule has 0 radical (unpaired) electrons. The van der Waals surface area contributed by atoms with E-state index in [2.05, 4.69) is 10.0 Å². The topological polar surface area (TPSA) is 84.5 Å². The molecule has 3 aromatic carbocycles. The summed E-state index contributed by atoms with van der Waals surface area (Å²) in [5.41, 5.74) is 0.787. The Balaban J connectivity index is 1.60. The Hall–Kier alpha value is -2.45. The van der Waals surface area contributed by atoms with Gasteiger partial charge in [0.1, 0.15) is 5.75 Å². The van der Waals surface area contributed by atoms with Crippen LogP contribution in [0.4, 0.5) is 11.4 Å². The zero-order valence-electron chi connectivity index (χ0n) is 15.2. The lowest BCUT2D eigenvalue weighted by Gasteiger charge is -2.10. The van der Waals surface area contributed by atoms with Crippen molar-refractivity contribution in [1.29, 1.82) is 0 Å². The average molecular weight is 486 g/mol. The number of carbonyl (C=O) groups excluding carboxylic acids is 1. The van der Waals surface area contributed by atoms with E-state index in [4.69, 9.17) is 39.5 Å². The molecule has 0 spiro atoms. The molecule has 6 nitrogen and oxygen atoms in total. The van der Waals surface area contributed by atoms with Crippen molar-refractivity contribution < 1.29 is 17.9 Å². The number of benzene rings is 3. The molecule has 3 rings (SSSR count). The highest BCUT2D eigenvalue weighted by Crippen LogP contribution is 2.25. The van der Waals surface area contributed by atoms with Gasteiger partial charge in [0.15, 0.2) is 6.61 Å². The molecule has 10 heteroatoms. The number of anilines is 2. The molecule has 156 valence electrons. The minimum absolute atomic E-state index is 0.00864. The van der Waals surface area contributed by atoms with Crippen LogP contribution in [-0.2, 0) is 14.8 Å². The van der Waals surface area contributed by atoms with Gasteiger partial charge in [-0.05, 0) is 60.7 Å². The van der Waals surface area contributed by atoms with E-state index in [1.54, 1.807) is 24.3 Å². The first-order valence-electron chi connectivity index (χ1n) is 8.48. The Morgan fingerprint density at radius 1 is 0.833 bits per heavy atom. The normalized spacial score (nSPS) is 11.0. The molecule has 0 aliphatic carbocycles. The maximum Gasteiger partial charge on any atom is 0.262 e. The molecule has 0 atom stereocenters. The Kier molecular flexibility index (Phi) is 7.10. The van der Waals surface area contributed by atoms with Crippen molar-refractivity contribution in [3.8, 4) is 5.75 Å². The summed E-state index contributed by atoms with van der Waals surface area (Å²) in [6, 6.07) is 16.7. The van der Waals surface area contributed by atoms with Gasteiger partial charge in [-0.25, -0.2) is 8.42 Å². The zero-order valence-corrected chi connectivity index (χ0v) is 18.3. The van der Waals surface area contributed by atoms with Gasteiger partial charge in [-0.3, -0.25) is 9.52 Å². The van der Waals surface area contributed by atoms with Gasteiger partial charge in [0.05, 0.1) is 10.6 Å². The van der Waals surface area contributed by atoms with Crippen molar-refractivity contribution in [2.24, 2.45) is 0 Å². The monoisotopic (exact) mass is 484 g/mol. The van der Waals surface area contributed by atoms with Gasteiger partial charge in [-0.2, -0.15) is 0 Å². The summed E-state index contributed by atoms with van der Waals surface area (Å²) in [5.74, 6) is -0.0468. The van der Waals surface area contributed by atoms with E-state index in [-0.39, 0.29) is 23.1 Å². The summed E-state index contributed by atoms with van der Waals surface area (Å²) in [5, 5.41) is 3.76. The van der Waals surface area contributed by atoms with Gasteiger partial charge in [-0.1, -0.05) is 40.9 Å². The number of amides is 1. The second-order valence-corrected chi connectivity index (χ2v) is 9.07. The lowest BCUT2D eigenvalue weighted by molar-refractivity contribution is -0.118. The Morgan fingerprint density at radius 2 is 1.47 bits per heavy atom. The Morgan fingerprint density at radius 3 is 2.10 bits per heavy atom. The first kappa shape index (κ1) is 22.2. The van der Waals surface area contributed by atoms with Gasteiger partial charge in [0.2, 0.25) is 0 Å². The summed E-state index contributed by atoms with van der Waals surface area (Å²) >= 11 is 17.6. The van der Waals surface area contributed by atoms with E-state index >= 15 is 0 Å². The van der Waals surface area contributed by atoms with E-state index in [0.29, 0.717) is 26.5 Å². The molecule has 0 unspecified atom stereocenters. The van der Waals surface area contributed by atoms with Crippen molar-refractivity contribution in [3.63, 3.8) is 0 Å². The van der Waals surface area contributed by atoms with Gasteiger partial charge < -0.3 is 10.1 Å². The summed E-state index contributed by atoms with van der Waals surface area (Å²) in [6.07, 6.45) is 0. The molecule has 0 aromatic heterocycles. The number of carbonyl (C=O) groups is 1. The molecular formula is C20H15Cl3N2O4S. The average Bonchev–Trinajstić information content (AvgIpc) is 2.65. The number of halogens is 3. The summed E-state index contributed by atoms with van der Waals surface area (Å²) < 4.78 is 32.8. The number of hydrogen-bond acceptors (Lipinski definition) is 4. The Bertz CT molecular complexity index is 1150. The van der Waals surface area contributed by atoms with Crippen LogP contribution >= 0.6 is 34.8 Å². The number of rotatable bonds is 7. The van der Waals surface area contributed by atoms with Gasteiger partial charge >= 0.3 is 0 Å². The maximum absolute atomic E-state index is 12.5. The van der Waals surface area contributed by atoms with Crippen LogP contribution in [0.1, 0.15) is 0 Å². The number of nitrogens with one attached hydrogen (secondary N) is 2. The van der Waals surface area contributed by atoms with Crippen molar-refractivity contribution >= 4 is 62.1 Å². The lowest BCUT2D eigenvalue weighted by atomic mass is 10.3. The van der Waals surface area contributed by atoms with Crippen LogP contribution < -0.4 is 14.8 Å². The number of sulfonamides is 1. The molecule has 3 aromatic rings. The van der Waals surface area contributed by atoms with Crippen LogP contribution in [0.25, 0.3) is 0 Å². The molecular weight excluding hydrogens is 471 g/mol. The van der Waals surface area contributed by atoms with Crippen molar-refractivity contribution in [1.82, 2.24) is 0 Å². The minimum atomic E-state index is -3.85. The third-order valence-electron chi connectivity index (χ3n) is 3.73. The second-order valence-electron chi connectivity index (χ2n) is 6.08. The predicted molar refractivity (Wildman–Crippen MR) is 119 cm³/mol. The smallest absolute Gasteiger partial charge is 0.262 e. The van der Waals surface area contributed by atoms with Crippen LogP contribution in [0, 0.1) is 0 Å². The zero-order chi connectivity index (χ0) is 21.7. The summed E-state index contributed by atoms with van der Waals surface area (Å²) in [4.78, 5) is 12.0. The van der Waals surface area contributed by atoms with Crippen molar-refractivity contribution in [3.05, 3.63) is 81.8 Å². The molecule has 0 aliphatic heterocycles. The molecule has 30 heavy (non-hydrogen) atoms. The SMILES string of the molecule is O=C(COc1ccc(S(=O)(=O)Nc2cc(Cl)cc(Cl)c2)cc1)Nc1cccc(Cl)c1. The van der Waals surface area contributed by atoms with Crippen LogP contribution in [0.15, 0.2) is 71.6 Å². The van der Waals surface area contributed by atoms with Crippen LogP contribution in [-0.4, -0.2) is 20.9 Å². The maximum atomic E-state index is 12.5. The molecule has 0 saturated heterocycles. The molecule has 1 amide bonds. The molecule has 2 N–H and O–H groups in total. The van der Waals surface area contributed by atoms with Crippen LogP contribution in [0.2, 0.25) is 15.1 Å². The van der Waals surface area contributed by atoms with E-state index in [1.165, 1.54) is 42.5 Å². The first-order valence-corrected chi connectivity index (χ1v) is 11.1. The van der Waals surface area contributed by atoms with Crippen LogP contribution in [0.5, 0.6) is 5.75 Å². The quantitative estimate of drug-likeness (QED) is 0.465. The van der Waals surface area contributed by atoms with E-state index in [1.807, 2.05) is 0 Å². The molecule has 0 saturated carbocycles. The third-order valence-corrected chi connectivity index (χ3v) is 5.80. The molecule has 0 heterocycles. The fourth-order valence-electron chi connectivity index (χ4n) is 2.45. The van der Waals surface area contributed by atoms with Crippen molar-refractivity contribution in [2.45, 2.75) is 4.90 Å². The highest BCUT2D eigenvalue weighted by atomic mass is 35.5. The van der Waals surface area contributed by atoms with E-state index in [0.717, 1.165) is 0 Å². The Labute approximate surface area is 188 Å². The number of ether oxygens (including phenoxy) is 1. The van der Waals surface area contributed by atoms with Gasteiger partial charge in [0.25, 0.3) is 15.9 Å². The third kappa shape index (κ3) is 6.27. The van der Waals surface area contributed by atoms with Gasteiger partial charge in [-0.15, -0.1) is 0 Å². The fourth-order valence-corrected chi connectivity index (χ4v) is 4.21. The second kappa shape index (κ2) is 9.57. The number of hydrogen-bond donors (Lipinski definition) is 2. The minimum Gasteiger partial charge on any atom is -0.484 e. The van der Waals surface area contributed by atoms with E-state index in [9.17, 15) is 13.2 Å². The standard InChI is InChI=1S/C20H15Cl3N2O4S/c21-13-2-1-3-16(9-13)24-20(26)12-29-18-4-6-19(7-5-18)30(27,28)25-17-10-14(22)8-15(23)11-17/h1-11,25H,12H2,(H,24,26). The summed E-state index contributed by atoms with van der Waals surface area (Å²) in [7, 11) is -3.85. The lowest BCUT2D eigenvalue weighted by Crippen LogP contribution is -2.20. The largest absolute Gasteiger partial charge is 0.484 e. The predicted octanol–water partition coefficient (Wildman–Crippen LogP) is 5.47. The molecule has 0 bridgehead atoms. The van der Waals surface area contributed by atoms with Crippen molar-refractivity contribution in [2.75, 3.05) is 16.6 Å². The van der Waals surface area contributed by atoms with Gasteiger partial charge in [0, 0.05) is 20.8 Å². The summed E-state index contributed by atoms with van der Waals surface area (Å²) in [6.45, 7) is -0.252. The first-order chi connectivity index (χ1) is 14.2. The van der Waals surface area contributed by atoms with Crippen LogP contribution in [0.3, 0.4) is 0 Å². The van der Waals surface area contributed by atoms with E-state index < -0.39 is 10.0 Å². The molecule has 0 aliphatic rings. The highest BCUT2D eigenvalue weighted by Gasteiger charge is 2.15.